The van der Waals surface area contributed by atoms with E-state index >= 15 is 0 Å². The molecule has 1 aromatic rings. The van der Waals surface area contributed by atoms with E-state index in [0.717, 1.165) is 31.2 Å². The van der Waals surface area contributed by atoms with Gasteiger partial charge in [0.15, 0.2) is 0 Å². The lowest BCUT2D eigenvalue weighted by Crippen LogP contribution is -2.31. The van der Waals surface area contributed by atoms with Crippen molar-refractivity contribution in [1.82, 2.24) is 0 Å². The molecule has 0 aliphatic heterocycles. The van der Waals surface area contributed by atoms with Gasteiger partial charge in [0.1, 0.15) is 6.10 Å². The average Bonchev–Trinajstić information content (AvgIpc) is 2.33. The highest BCUT2D eigenvalue weighted by molar-refractivity contribution is 5.89. The molecule has 0 spiro atoms. The summed E-state index contributed by atoms with van der Waals surface area (Å²) in [7, 11) is 0. The largest absolute Gasteiger partial charge is 0.459 e. The van der Waals surface area contributed by atoms with E-state index in [2.05, 4.69) is 0 Å². The highest BCUT2D eigenvalue weighted by Crippen LogP contribution is 2.21. The normalized spacial score (nSPS) is 24.4. The summed E-state index contributed by atoms with van der Waals surface area (Å²) >= 11 is 0. The molecule has 0 heterocycles. The number of hydrogen-bond acceptors (Lipinski definition) is 3. The maximum atomic E-state index is 11.9. The summed E-state index contributed by atoms with van der Waals surface area (Å²) in [5, 5.41) is 0. The van der Waals surface area contributed by atoms with Crippen LogP contribution < -0.4 is 5.73 Å². The zero-order chi connectivity index (χ0) is 12.3. The number of nitrogens with two attached hydrogens (primary N) is 1. The topological polar surface area (TPSA) is 52.3 Å². The van der Waals surface area contributed by atoms with Crippen molar-refractivity contribution in [2.75, 3.05) is 0 Å². The van der Waals surface area contributed by atoms with E-state index < -0.39 is 0 Å². The highest BCUT2D eigenvalue weighted by Gasteiger charge is 2.22. The van der Waals surface area contributed by atoms with Gasteiger partial charge < -0.3 is 10.5 Å². The van der Waals surface area contributed by atoms with Gasteiger partial charge in [-0.2, -0.15) is 0 Å². The molecule has 1 aromatic carbocycles. The molecule has 1 aliphatic carbocycles. The minimum absolute atomic E-state index is 0.0450. The Morgan fingerprint density at radius 2 is 1.76 bits per heavy atom. The van der Waals surface area contributed by atoms with Crippen molar-refractivity contribution < 1.29 is 9.53 Å². The zero-order valence-corrected chi connectivity index (χ0v) is 10.2. The molecule has 17 heavy (non-hydrogen) atoms. The number of carbonyl (C=O) groups is 1. The van der Waals surface area contributed by atoms with E-state index in [0.29, 0.717) is 5.56 Å². The lowest BCUT2D eigenvalue weighted by Gasteiger charge is -2.25. The molecular formula is C14H19NO2. The molecule has 0 amide bonds. The first kappa shape index (κ1) is 12.1. The fourth-order valence-corrected chi connectivity index (χ4v) is 2.12. The lowest BCUT2D eigenvalue weighted by molar-refractivity contribution is 0.0197. The third kappa shape index (κ3) is 3.30. The monoisotopic (exact) mass is 233 g/mol. The van der Waals surface area contributed by atoms with Crippen molar-refractivity contribution in [3.8, 4) is 0 Å². The van der Waals surface area contributed by atoms with Gasteiger partial charge in [-0.25, -0.2) is 4.79 Å². The number of aryl methyl sites for hydroxylation is 1. The zero-order valence-electron chi connectivity index (χ0n) is 10.2. The molecule has 92 valence electrons. The van der Waals surface area contributed by atoms with Gasteiger partial charge in [-0.15, -0.1) is 0 Å². The van der Waals surface area contributed by atoms with Gasteiger partial charge >= 0.3 is 5.97 Å². The maximum absolute atomic E-state index is 11.9. The highest BCUT2D eigenvalue weighted by atomic mass is 16.5. The second kappa shape index (κ2) is 5.32. The number of hydrogen-bond donors (Lipinski definition) is 1. The van der Waals surface area contributed by atoms with Crippen LogP contribution in [0.15, 0.2) is 24.3 Å². The first-order valence-corrected chi connectivity index (χ1v) is 6.18. The summed E-state index contributed by atoms with van der Waals surface area (Å²) in [4.78, 5) is 11.9. The third-order valence-corrected chi connectivity index (χ3v) is 3.28. The molecule has 1 saturated carbocycles. The molecule has 3 heteroatoms. The first-order valence-electron chi connectivity index (χ1n) is 6.18. The summed E-state index contributed by atoms with van der Waals surface area (Å²) in [6.45, 7) is 2.00. The summed E-state index contributed by atoms with van der Waals surface area (Å²) in [6, 6.07) is 7.75. The van der Waals surface area contributed by atoms with Gasteiger partial charge in [-0.1, -0.05) is 17.7 Å². The Morgan fingerprint density at radius 3 is 2.35 bits per heavy atom. The van der Waals surface area contributed by atoms with Gasteiger partial charge in [-0.05, 0) is 44.7 Å². The van der Waals surface area contributed by atoms with Crippen molar-refractivity contribution in [3.05, 3.63) is 35.4 Å². The van der Waals surface area contributed by atoms with Gasteiger partial charge in [0.25, 0.3) is 0 Å². The van der Waals surface area contributed by atoms with E-state index in [1.807, 2.05) is 31.2 Å². The SMILES string of the molecule is Cc1ccc(C(=O)O[C@H]2CC[C@H](N)CC2)cc1. The van der Waals surface area contributed by atoms with Crippen LogP contribution in [-0.2, 0) is 4.74 Å². The Labute approximate surface area is 102 Å². The molecule has 1 aliphatic rings. The molecule has 3 nitrogen and oxygen atoms in total. The minimum atomic E-state index is -0.217. The number of esters is 1. The summed E-state index contributed by atoms with van der Waals surface area (Å²) in [5.74, 6) is -0.217. The van der Waals surface area contributed by atoms with Crippen LogP contribution in [0.25, 0.3) is 0 Å². The minimum Gasteiger partial charge on any atom is -0.459 e. The van der Waals surface area contributed by atoms with Crippen molar-refractivity contribution in [1.29, 1.82) is 0 Å². The number of ether oxygens (including phenoxy) is 1. The predicted molar refractivity (Wildman–Crippen MR) is 66.8 cm³/mol. The van der Waals surface area contributed by atoms with Crippen LogP contribution in [0, 0.1) is 6.92 Å². The van der Waals surface area contributed by atoms with Gasteiger partial charge in [0, 0.05) is 6.04 Å². The predicted octanol–water partition coefficient (Wildman–Crippen LogP) is 2.42. The molecule has 0 saturated heterocycles. The third-order valence-electron chi connectivity index (χ3n) is 3.28. The lowest BCUT2D eigenvalue weighted by atomic mass is 9.94. The summed E-state index contributed by atoms with van der Waals surface area (Å²) in [5.41, 5.74) is 7.59. The van der Waals surface area contributed by atoms with Crippen LogP contribution in [0.3, 0.4) is 0 Å². The molecule has 0 unspecified atom stereocenters. The number of rotatable bonds is 2. The van der Waals surface area contributed by atoms with Crippen molar-refractivity contribution >= 4 is 5.97 Å². The van der Waals surface area contributed by atoms with Crippen molar-refractivity contribution in [2.24, 2.45) is 5.73 Å². The standard InChI is InChI=1S/C14H19NO2/c1-10-2-4-11(5-3-10)14(16)17-13-8-6-12(15)7-9-13/h2-5,12-13H,6-9,15H2,1H3/t12-,13-. The molecule has 0 bridgehead atoms. The summed E-state index contributed by atoms with van der Waals surface area (Å²) < 4.78 is 5.47. The molecule has 2 N–H and O–H groups in total. The second-order valence-corrected chi connectivity index (χ2v) is 4.81. The van der Waals surface area contributed by atoms with E-state index in [-0.39, 0.29) is 18.1 Å². The molecule has 0 radical (unpaired) electrons. The van der Waals surface area contributed by atoms with Crippen LogP contribution in [0.4, 0.5) is 0 Å². The van der Waals surface area contributed by atoms with E-state index in [9.17, 15) is 4.79 Å². The molecule has 0 atom stereocenters. The molecule has 2 rings (SSSR count). The van der Waals surface area contributed by atoms with Crippen LogP contribution in [0.2, 0.25) is 0 Å². The van der Waals surface area contributed by atoms with E-state index in [4.69, 9.17) is 10.5 Å². The first-order chi connectivity index (χ1) is 8.15. The van der Waals surface area contributed by atoms with Crippen LogP contribution in [0.1, 0.15) is 41.6 Å². The smallest absolute Gasteiger partial charge is 0.338 e. The Bertz CT molecular complexity index is 378. The van der Waals surface area contributed by atoms with Crippen molar-refractivity contribution in [3.63, 3.8) is 0 Å². The number of carbonyl (C=O) groups excluding carboxylic acids is 1. The van der Waals surface area contributed by atoms with Gasteiger partial charge in [0.2, 0.25) is 0 Å². The average molecular weight is 233 g/mol. The van der Waals surface area contributed by atoms with Crippen LogP contribution >= 0.6 is 0 Å². The van der Waals surface area contributed by atoms with E-state index in [1.54, 1.807) is 0 Å². The van der Waals surface area contributed by atoms with Crippen molar-refractivity contribution in [2.45, 2.75) is 44.8 Å². The number of benzene rings is 1. The Kier molecular flexibility index (Phi) is 3.79. The van der Waals surface area contributed by atoms with Crippen LogP contribution in [-0.4, -0.2) is 18.1 Å². The van der Waals surface area contributed by atoms with Gasteiger partial charge in [-0.3, -0.25) is 0 Å². The molecular weight excluding hydrogens is 214 g/mol. The quantitative estimate of drug-likeness (QED) is 0.798. The Balaban J connectivity index is 1.91. The molecule has 0 aromatic heterocycles. The fourth-order valence-electron chi connectivity index (χ4n) is 2.12. The Hall–Kier alpha value is -1.35. The second-order valence-electron chi connectivity index (χ2n) is 4.81. The Morgan fingerprint density at radius 1 is 1.18 bits per heavy atom. The fraction of sp³-hybridized carbons (Fsp3) is 0.500. The van der Waals surface area contributed by atoms with Crippen LogP contribution in [0.5, 0.6) is 0 Å². The van der Waals surface area contributed by atoms with Gasteiger partial charge in [0.05, 0.1) is 5.56 Å². The maximum Gasteiger partial charge on any atom is 0.338 e. The van der Waals surface area contributed by atoms with E-state index in [1.165, 1.54) is 0 Å². The summed E-state index contributed by atoms with van der Waals surface area (Å²) in [6.07, 6.45) is 3.72. The molecule has 1 fully saturated rings.